The van der Waals surface area contributed by atoms with Gasteiger partial charge in [0.05, 0.1) is 11.2 Å². The van der Waals surface area contributed by atoms with Crippen molar-refractivity contribution < 1.29 is 48.4 Å². The van der Waals surface area contributed by atoms with E-state index in [1.54, 1.807) is 0 Å². The standard InChI is InChI=1S/C77H62BN3O2.2Os/c1-13-24-58-61-44-63-67(45-66(61)79(64(58)15-3)53-25-17-16-18-26-53)81(73-46(4)39-50(40-47(73)5)55(14-2)74-48(6)56-27-19-21-31-70(56)82-74)69-43-52(77(10,11)12)42-68-72(69)78(63)62-41-51(76(7,8)9)35-38-65(62)80(68)54-36-33-49(34-37-54)57-29-23-30-60-59-28-20-22-32-71(59)83-75(57)60;;/h13-35,39-41,43-45H,2-3,6H2,1,4-5,7-12H3;;/q-4;2*+2/b24-13-,74-55-;;. The summed E-state index contributed by atoms with van der Waals surface area (Å²) in [6, 6.07) is 69.8. The van der Waals surface area contributed by atoms with Gasteiger partial charge in [0.1, 0.15) is 28.9 Å². The Hall–Kier alpha value is -8.24. The molecule has 85 heavy (non-hydrogen) atoms. The van der Waals surface area contributed by atoms with Gasteiger partial charge in [-0.05, 0) is 91.4 Å². The van der Waals surface area contributed by atoms with Crippen LogP contribution in [-0.4, -0.2) is 11.3 Å². The first-order valence-electron chi connectivity index (χ1n) is 28.6. The monoisotopic (exact) mass is 1460 g/mol. The van der Waals surface area contributed by atoms with Crippen LogP contribution in [0.5, 0.6) is 0 Å². The Labute approximate surface area is 525 Å². The number of fused-ring (bicyclic) bond motifs is 9. The molecular weight excluding hydrogens is 1390 g/mol. The predicted molar refractivity (Wildman–Crippen MR) is 351 cm³/mol. The molecule has 0 fully saturated rings. The molecule has 12 aromatic rings. The summed E-state index contributed by atoms with van der Waals surface area (Å²) in [5.41, 5.74) is 24.8. The minimum atomic E-state index is -0.312. The molecule has 0 bridgehead atoms. The van der Waals surface area contributed by atoms with E-state index >= 15 is 0 Å². The Kier molecular flexibility index (Phi) is 14.4. The number of allylic oxidation sites excluding steroid dienone is 2. The van der Waals surface area contributed by atoms with Gasteiger partial charge in [-0.3, -0.25) is 12.1 Å². The summed E-state index contributed by atoms with van der Waals surface area (Å²) >= 11 is 0. The first kappa shape index (κ1) is 57.2. The van der Waals surface area contributed by atoms with E-state index in [4.69, 9.17) is 8.83 Å². The third kappa shape index (κ3) is 9.02. The Morgan fingerprint density at radius 2 is 1.31 bits per heavy atom. The molecule has 0 spiro atoms. The van der Waals surface area contributed by atoms with Crippen molar-refractivity contribution in [1.82, 2.24) is 4.57 Å². The Morgan fingerprint density at radius 3 is 1.96 bits per heavy atom. The topological polar surface area (TPSA) is 37.7 Å². The fourth-order valence-corrected chi connectivity index (χ4v) is 13.1. The van der Waals surface area contributed by atoms with Crippen molar-refractivity contribution >= 4 is 125 Å². The van der Waals surface area contributed by atoms with Gasteiger partial charge in [0.15, 0.2) is 0 Å². The van der Waals surface area contributed by atoms with Crippen molar-refractivity contribution in [2.24, 2.45) is 0 Å². The molecule has 9 aromatic carbocycles. The average molecular weight is 1450 g/mol. The third-order valence-corrected chi connectivity index (χ3v) is 17.1. The number of nitrogens with zero attached hydrogens (tertiary/aromatic N) is 3. The Morgan fingerprint density at radius 1 is 0.635 bits per heavy atom. The van der Waals surface area contributed by atoms with Gasteiger partial charge in [0.2, 0.25) is 0 Å². The molecule has 0 radical (unpaired) electrons. The zero-order chi connectivity index (χ0) is 57.4. The van der Waals surface area contributed by atoms with Crippen molar-refractivity contribution in [3.63, 3.8) is 0 Å². The number of hydrogen-bond acceptors (Lipinski definition) is 4. The summed E-state index contributed by atoms with van der Waals surface area (Å²) in [4.78, 5) is 4.88. The molecule has 0 atom stereocenters. The largest absolute Gasteiger partial charge is 2.00 e. The van der Waals surface area contributed by atoms with Crippen molar-refractivity contribution in [3.8, 4) is 16.8 Å². The van der Waals surface area contributed by atoms with E-state index in [0.717, 1.165) is 155 Å². The molecule has 0 N–H and O–H groups in total. The van der Waals surface area contributed by atoms with Gasteiger partial charge < -0.3 is 35.3 Å². The smallest absolute Gasteiger partial charge is 0.458 e. The number of rotatable bonds is 8. The summed E-state index contributed by atoms with van der Waals surface area (Å²) in [6.45, 7) is 33.4. The molecule has 0 saturated heterocycles. The van der Waals surface area contributed by atoms with Crippen molar-refractivity contribution in [2.75, 3.05) is 9.80 Å². The summed E-state index contributed by atoms with van der Waals surface area (Å²) in [5, 5.41) is 5.15. The molecule has 2 aliphatic rings. The van der Waals surface area contributed by atoms with Crippen LogP contribution in [0.1, 0.15) is 87.5 Å². The van der Waals surface area contributed by atoms with Gasteiger partial charge in [-0.25, -0.2) is 11.3 Å². The van der Waals surface area contributed by atoms with Crippen LogP contribution >= 0.6 is 0 Å². The second-order valence-electron chi connectivity index (χ2n) is 24.4. The minimum Gasteiger partial charge on any atom is -0.458 e. The molecule has 5 heterocycles. The van der Waals surface area contributed by atoms with Crippen LogP contribution in [-0.2, 0) is 50.4 Å². The van der Waals surface area contributed by atoms with Gasteiger partial charge in [-0.1, -0.05) is 192 Å². The number of anilines is 6. The zero-order valence-electron chi connectivity index (χ0n) is 49.3. The van der Waals surface area contributed by atoms with Crippen molar-refractivity contribution in [1.29, 1.82) is 0 Å². The molecule has 0 saturated carbocycles. The van der Waals surface area contributed by atoms with Crippen LogP contribution in [0.25, 0.3) is 84.9 Å². The number of para-hydroxylation sites is 4. The van der Waals surface area contributed by atoms with Gasteiger partial charge in [0.25, 0.3) is 0 Å². The second kappa shape index (κ2) is 21.4. The van der Waals surface area contributed by atoms with Crippen molar-refractivity contribution in [2.45, 2.75) is 73.1 Å². The number of aryl methyl sites for hydroxylation is 2. The first-order valence-corrected chi connectivity index (χ1v) is 28.6. The van der Waals surface area contributed by atoms with Crippen LogP contribution < -0.4 is 36.8 Å². The van der Waals surface area contributed by atoms with Gasteiger partial charge in [-0.2, -0.15) is 40.9 Å². The van der Waals surface area contributed by atoms with Gasteiger partial charge in [0, 0.05) is 55.0 Å². The number of aromatic nitrogens is 1. The van der Waals surface area contributed by atoms with E-state index in [1.807, 2.05) is 42.5 Å². The molecule has 0 unspecified atom stereocenters. The van der Waals surface area contributed by atoms with E-state index in [0.29, 0.717) is 0 Å². The molecule has 5 nitrogen and oxygen atoms in total. The van der Waals surface area contributed by atoms with E-state index in [-0.39, 0.29) is 57.1 Å². The van der Waals surface area contributed by atoms with Crippen LogP contribution in [0.4, 0.5) is 34.1 Å². The van der Waals surface area contributed by atoms with Crippen LogP contribution in [0.3, 0.4) is 0 Å². The summed E-state index contributed by atoms with van der Waals surface area (Å²) in [5.74, 6) is 0. The normalized spacial score (nSPS) is 13.3. The maximum atomic E-state index is 6.59. The summed E-state index contributed by atoms with van der Waals surface area (Å²) < 4.78 is 15.5. The van der Waals surface area contributed by atoms with E-state index in [9.17, 15) is 0 Å². The zero-order valence-corrected chi connectivity index (χ0v) is 54.4. The van der Waals surface area contributed by atoms with Crippen LogP contribution in [0.15, 0.2) is 186 Å². The number of hydrogen-bond donors (Lipinski definition) is 0. The molecule has 0 aliphatic carbocycles. The molecule has 0 amide bonds. The third-order valence-electron chi connectivity index (χ3n) is 17.1. The van der Waals surface area contributed by atoms with Crippen LogP contribution in [0, 0.1) is 38.1 Å². The fourth-order valence-electron chi connectivity index (χ4n) is 13.1. The Bertz CT molecular complexity index is 4850. The molecular formula is C77H62BN3O2Os2. The van der Waals surface area contributed by atoms with E-state index in [2.05, 4.69) is 254 Å². The summed E-state index contributed by atoms with van der Waals surface area (Å²) in [6.07, 6.45) is 8.28. The predicted octanol–water partition coefficient (Wildman–Crippen LogP) is 16.9. The second-order valence-corrected chi connectivity index (χ2v) is 24.4. The molecule has 416 valence electrons. The fraction of sp³-hybridized carbons (Fsp3) is 0.143. The summed E-state index contributed by atoms with van der Waals surface area (Å²) in [7, 11) is 0. The molecule has 2 aliphatic heterocycles. The molecule has 3 aromatic heterocycles. The quantitative estimate of drug-likeness (QED) is 0.112. The minimum absolute atomic E-state index is 0. The van der Waals surface area contributed by atoms with Gasteiger partial charge >= 0.3 is 39.6 Å². The maximum absolute atomic E-state index is 6.59. The van der Waals surface area contributed by atoms with E-state index < -0.39 is 0 Å². The van der Waals surface area contributed by atoms with E-state index in [1.165, 1.54) is 11.0 Å². The average Bonchev–Trinajstić information content (AvgIpc) is 1.34. The molecule has 8 heteroatoms. The molecule has 14 rings (SSSR count). The SMILES string of the molecule is C=C/C(c1cc(C)c(N2c3cc4c(cc3B3c5cc(C(C)(C)C)c[c-]c5N(c5[c-]cc(-c6cccc7c6oc6ccccc67)c[c-]5)c5[c-]c(C(C)(C)C)cc2c53)c(/C=C\C)c(C=C)n4-c2ccccc2)c(C)c1)=c1/oc2ccccc2c1=C.[Os+2].[Os+2]. The van der Waals surface area contributed by atoms with Crippen molar-refractivity contribution in [3.05, 3.63) is 251 Å². The maximum Gasteiger partial charge on any atom is 2.00 e. The number of benzene rings is 9. The Balaban J connectivity index is 0.00000354. The number of furan rings is 2. The first-order chi connectivity index (χ1) is 40.1. The van der Waals surface area contributed by atoms with Crippen LogP contribution in [0.2, 0.25) is 0 Å². The van der Waals surface area contributed by atoms with Gasteiger partial charge in [-0.15, -0.1) is 11.5 Å².